The lowest BCUT2D eigenvalue weighted by molar-refractivity contribution is 0.662. The van der Waals surface area contributed by atoms with Gasteiger partial charge in [-0.25, -0.2) is 0 Å². The summed E-state index contributed by atoms with van der Waals surface area (Å²) in [7, 11) is 0. The molecule has 10 aromatic rings. The number of fused-ring (bicyclic) bond motifs is 16. The summed E-state index contributed by atoms with van der Waals surface area (Å²) in [5, 5.41) is 0. The quantitative estimate of drug-likeness (QED) is 0.167. The second-order valence-electron chi connectivity index (χ2n) is 20.3. The van der Waals surface area contributed by atoms with E-state index in [1.54, 1.807) is 0 Å². The third-order valence-corrected chi connectivity index (χ3v) is 16.3. The highest BCUT2D eigenvalue weighted by molar-refractivity contribution is 6.01. The van der Waals surface area contributed by atoms with Crippen molar-refractivity contribution in [3.05, 3.63) is 269 Å². The summed E-state index contributed by atoms with van der Waals surface area (Å²) in [6.45, 7) is 9.52. The molecule has 14 rings (SSSR count). The number of hydrogen-bond donors (Lipinski definition) is 0. The Bertz CT molecular complexity index is 3540. The SMILES string of the molecule is CC1(C)c2ccccc2-c2cccc(-c3ccc(N(c4ccc(-c5cccc6c5C(C)(C)c5ccccc5-6)cc4)c4cccc5c4-c4ccccc4C54c5ccccc5-c5ccccc54)cc3)c21. The monoisotopic (exact) mass is 867 g/mol. The molecule has 0 atom stereocenters. The first-order valence-electron chi connectivity index (χ1n) is 24.2. The minimum atomic E-state index is -0.440. The lowest BCUT2D eigenvalue weighted by Gasteiger charge is -2.32. The minimum absolute atomic E-state index is 0.114. The molecule has 4 aliphatic rings. The van der Waals surface area contributed by atoms with E-state index in [2.05, 4.69) is 257 Å². The van der Waals surface area contributed by atoms with E-state index in [0.29, 0.717) is 0 Å². The highest BCUT2D eigenvalue weighted by Gasteiger charge is 2.52. The molecule has 0 aliphatic heterocycles. The van der Waals surface area contributed by atoms with Crippen molar-refractivity contribution >= 4 is 17.1 Å². The normalized spacial score (nSPS) is 15.1. The first-order valence-corrected chi connectivity index (χ1v) is 24.2. The van der Waals surface area contributed by atoms with Crippen molar-refractivity contribution in [1.29, 1.82) is 0 Å². The molecule has 0 saturated carbocycles. The summed E-state index contributed by atoms with van der Waals surface area (Å²) in [6.07, 6.45) is 0. The van der Waals surface area contributed by atoms with Gasteiger partial charge in [0.1, 0.15) is 0 Å². The molecule has 0 N–H and O–H groups in total. The summed E-state index contributed by atoms with van der Waals surface area (Å²) in [6, 6.07) is 84.7. The zero-order valence-corrected chi connectivity index (χ0v) is 38.8. The van der Waals surface area contributed by atoms with Crippen molar-refractivity contribution in [3.63, 3.8) is 0 Å². The first kappa shape index (κ1) is 39.2. The van der Waals surface area contributed by atoms with E-state index < -0.39 is 5.41 Å². The number of anilines is 3. The summed E-state index contributed by atoms with van der Waals surface area (Å²) >= 11 is 0. The molecule has 0 amide bonds. The van der Waals surface area contributed by atoms with Gasteiger partial charge in [-0.15, -0.1) is 0 Å². The van der Waals surface area contributed by atoms with Crippen LogP contribution in [0.15, 0.2) is 224 Å². The van der Waals surface area contributed by atoms with Gasteiger partial charge in [0, 0.05) is 27.8 Å². The molecule has 0 radical (unpaired) electrons. The van der Waals surface area contributed by atoms with Gasteiger partial charge < -0.3 is 4.90 Å². The smallest absolute Gasteiger partial charge is 0.0726 e. The van der Waals surface area contributed by atoms with Crippen LogP contribution in [-0.2, 0) is 16.2 Å². The molecule has 0 heterocycles. The molecule has 0 saturated heterocycles. The van der Waals surface area contributed by atoms with Crippen molar-refractivity contribution in [3.8, 4) is 66.8 Å². The fourth-order valence-electron chi connectivity index (χ4n) is 13.5. The Morgan fingerprint density at radius 3 is 1.04 bits per heavy atom. The third-order valence-electron chi connectivity index (χ3n) is 16.3. The Balaban J connectivity index is 0.964. The minimum Gasteiger partial charge on any atom is -0.310 e. The van der Waals surface area contributed by atoms with Crippen LogP contribution in [0.4, 0.5) is 17.1 Å². The van der Waals surface area contributed by atoms with Crippen molar-refractivity contribution < 1.29 is 0 Å². The van der Waals surface area contributed by atoms with E-state index >= 15 is 0 Å². The van der Waals surface area contributed by atoms with Gasteiger partial charge in [-0.1, -0.05) is 222 Å². The van der Waals surface area contributed by atoms with E-state index in [1.807, 2.05) is 0 Å². The van der Waals surface area contributed by atoms with E-state index in [9.17, 15) is 0 Å². The summed E-state index contributed by atoms with van der Waals surface area (Å²) in [5.41, 5.74) is 29.3. The van der Waals surface area contributed by atoms with Crippen LogP contribution in [0.1, 0.15) is 72.2 Å². The van der Waals surface area contributed by atoms with Crippen molar-refractivity contribution in [1.82, 2.24) is 0 Å². The summed E-state index contributed by atoms with van der Waals surface area (Å²) in [4.78, 5) is 2.51. The molecule has 0 unspecified atom stereocenters. The predicted octanol–water partition coefficient (Wildman–Crippen LogP) is 17.4. The van der Waals surface area contributed by atoms with Crippen LogP contribution >= 0.6 is 0 Å². The van der Waals surface area contributed by atoms with Crippen molar-refractivity contribution in [2.24, 2.45) is 0 Å². The first-order chi connectivity index (χ1) is 33.3. The maximum atomic E-state index is 2.51. The van der Waals surface area contributed by atoms with E-state index in [0.717, 1.165) is 11.4 Å². The maximum Gasteiger partial charge on any atom is 0.0726 e. The highest BCUT2D eigenvalue weighted by atomic mass is 15.1. The van der Waals surface area contributed by atoms with Crippen LogP contribution in [0, 0.1) is 0 Å². The molecule has 0 fully saturated rings. The van der Waals surface area contributed by atoms with Crippen LogP contribution in [-0.4, -0.2) is 0 Å². The highest BCUT2D eigenvalue weighted by Crippen LogP contribution is 2.65. The number of hydrogen-bond acceptors (Lipinski definition) is 1. The van der Waals surface area contributed by atoms with Gasteiger partial charge in [0.2, 0.25) is 0 Å². The second kappa shape index (κ2) is 14.0. The average molecular weight is 868 g/mol. The number of benzene rings is 10. The van der Waals surface area contributed by atoms with Gasteiger partial charge >= 0.3 is 0 Å². The summed E-state index contributed by atoms with van der Waals surface area (Å²) in [5.74, 6) is 0. The van der Waals surface area contributed by atoms with Gasteiger partial charge in [-0.3, -0.25) is 0 Å². The molecule has 1 nitrogen and oxygen atoms in total. The van der Waals surface area contributed by atoms with Crippen LogP contribution in [0.2, 0.25) is 0 Å². The Morgan fingerprint density at radius 1 is 0.265 bits per heavy atom. The number of rotatable bonds is 5. The Hall–Kier alpha value is -8.00. The van der Waals surface area contributed by atoms with Crippen LogP contribution < -0.4 is 4.90 Å². The summed E-state index contributed by atoms with van der Waals surface area (Å²) < 4.78 is 0. The number of nitrogens with zero attached hydrogens (tertiary/aromatic N) is 1. The second-order valence-corrected chi connectivity index (χ2v) is 20.3. The van der Waals surface area contributed by atoms with Gasteiger partial charge in [-0.2, -0.15) is 0 Å². The van der Waals surface area contributed by atoms with Crippen LogP contribution in [0.3, 0.4) is 0 Å². The van der Waals surface area contributed by atoms with Gasteiger partial charge in [-0.05, 0) is 136 Å². The molecular weight excluding hydrogens is 819 g/mol. The standard InChI is InChI=1S/C67H49N/c1-65(2)55-27-10-5-20-50(55)52-25-15-23-46(63(52)65)42-34-38-44(39-35-42)68(45-40-36-43(37-41-45)47-24-16-26-53-51-21-6-11-28-56(51)66(3,4)64(47)53)61-33-17-32-60-62(61)54-22-9-14-31-59(54)67(60)57-29-12-7-18-48(57)49-19-8-13-30-58(49)67/h5-41H,1-4H3. The maximum absolute atomic E-state index is 2.51. The topological polar surface area (TPSA) is 3.24 Å². The van der Waals surface area contributed by atoms with Gasteiger partial charge in [0.25, 0.3) is 0 Å². The molecule has 0 bridgehead atoms. The zero-order chi connectivity index (χ0) is 45.5. The Kier molecular flexibility index (Phi) is 8.08. The Labute approximate surface area is 399 Å². The van der Waals surface area contributed by atoms with E-state index in [4.69, 9.17) is 0 Å². The zero-order valence-electron chi connectivity index (χ0n) is 38.8. The molecule has 0 aromatic heterocycles. The molecule has 68 heavy (non-hydrogen) atoms. The molecule has 322 valence electrons. The molecule has 1 heteroatoms. The average Bonchev–Trinajstić information content (AvgIpc) is 4.03. The van der Waals surface area contributed by atoms with E-state index in [-0.39, 0.29) is 10.8 Å². The molecule has 1 spiro atoms. The molecule has 4 aliphatic carbocycles. The lowest BCUT2D eigenvalue weighted by Crippen LogP contribution is -2.26. The van der Waals surface area contributed by atoms with Crippen LogP contribution in [0.5, 0.6) is 0 Å². The lowest BCUT2D eigenvalue weighted by atomic mass is 9.70. The fraction of sp³-hybridized carbons (Fsp3) is 0.104. The van der Waals surface area contributed by atoms with E-state index in [1.165, 1.54) is 117 Å². The van der Waals surface area contributed by atoms with Crippen LogP contribution in [0.25, 0.3) is 66.8 Å². The third kappa shape index (κ3) is 5.06. The molecule has 10 aromatic carbocycles. The molecular formula is C67H49N. The van der Waals surface area contributed by atoms with Crippen molar-refractivity contribution in [2.75, 3.05) is 4.90 Å². The predicted molar refractivity (Wildman–Crippen MR) is 283 cm³/mol. The van der Waals surface area contributed by atoms with Gasteiger partial charge in [0.05, 0.1) is 11.1 Å². The fourth-order valence-corrected chi connectivity index (χ4v) is 13.5. The van der Waals surface area contributed by atoms with Gasteiger partial charge in [0.15, 0.2) is 0 Å². The Morgan fingerprint density at radius 2 is 0.588 bits per heavy atom. The van der Waals surface area contributed by atoms with Crippen molar-refractivity contribution in [2.45, 2.75) is 43.9 Å². The largest absolute Gasteiger partial charge is 0.310 e.